The summed E-state index contributed by atoms with van der Waals surface area (Å²) >= 11 is 1.77. The highest BCUT2D eigenvalue weighted by atomic mass is 32.1. The second kappa shape index (κ2) is 7.72. The van der Waals surface area contributed by atoms with Crippen LogP contribution in [0.3, 0.4) is 0 Å². The first-order valence-electron chi connectivity index (χ1n) is 10.4. The summed E-state index contributed by atoms with van der Waals surface area (Å²) in [6, 6.07) is 10.7. The molecular weight excluding hydrogens is 380 g/mol. The van der Waals surface area contributed by atoms with E-state index < -0.39 is 8.32 Å². The normalized spacial score (nSPS) is 16.2. The van der Waals surface area contributed by atoms with Crippen molar-refractivity contribution in [2.24, 2.45) is 0 Å². The molecule has 2 nitrogen and oxygen atoms in total. The molecule has 1 aromatic carbocycles. The third-order valence-electron chi connectivity index (χ3n) is 5.90. The summed E-state index contributed by atoms with van der Waals surface area (Å²) in [4.78, 5) is 1.28. The van der Waals surface area contributed by atoms with Crippen LogP contribution in [0.2, 0.25) is 16.6 Å². The number of ether oxygens (including phenoxy) is 1. The van der Waals surface area contributed by atoms with Gasteiger partial charge < -0.3 is 9.16 Å². The van der Waals surface area contributed by atoms with Crippen molar-refractivity contribution in [1.29, 1.82) is 0 Å². The van der Waals surface area contributed by atoms with Crippen LogP contribution in [0.15, 0.2) is 41.8 Å². The topological polar surface area (TPSA) is 18.5 Å². The molecule has 0 radical (unpaired) electrons. The Morgan fingerprint density at radius 2 is 1.61 bits per heavy atom. The molecule has 0 unspecified atom stereocenters. The van der Waals surface area contributed by atoms with Crippen molar-refractivity contribution in [2.75, 3.05) is 0 Å². The molecule has 1 aliphatic rings. The van der Waals surface area contributed by atoms with E-state index in [0.717, 1.165) is 17.1 Å². The largest absolute Gasteiger partial charge is 0.543 e. The summed E-state index contributed by atoms with van der Waals surface area (Å²) in [5.41, 5.74) is 3.70. The Bertz CT molecular complexity index is 826. The molecule has 0 fully saturated rings. The number of hydrogen-bond donors (Lipinski definition) is 0. The molecule has 0 saturated heterocycles. The van der Waals surface area contributed by atoms with Crippen LogP contribution in [-0.2, 0) is 0 Å². The Labute approximate surface area is 175 Å². The zero-order valence-electron chi connectivity index (χ0n) is 18.5. The van der Waals surface area contributed by atoms with Gasteiger partial charge >= 0.3 is 0 Å². The van der Waals surface area contributed by atoms with Gasteiger partial charge in [0.05, 0.1) is 0 Å². The van der Waals surface area contributed by atoms with E-state index in [1.54, 1.807) is 11.3 Å². The molecular formula is C24H34O2SSi. The van der Waals surface area contributed by atoms with Gasteiger partial charge in [0.2, 0.25) is 0 Å². The van der Waals surface area contributed by atoms with E-state index in [-0.39, 0.29) is 5.60 Å². The lowest BCUT2D eigenvalue weighted by atomic mass is 9.93. The van der Waals surface area contributed by atoms with E-state index in [1.807, 2.05) is 0 Å². The summed E-state index contributed by atoms with van der Waals surface area (Å²) < 4.78 is 13.2. The van der Waals surface area contributed by atoms with E-state index in [9.17, 15) is 0 Å². The highest BCUT2D eigenvalue weighted by molar-refractivity contribution is 7.11. The maximum absolute atomic E-state index is 6.89. The second-order valence-corrected chi connectivity index (χ2v) is 15.6. The van der Waals surface area contributed by atoms with Crippen molar-refractivity contribution in [3.05, 3.63) is 52.2 Å². The van der Waals surface area contributed by atoms with Crippen LogP contribution in [0.1, 0.15) is 65.8 Å². The molecule has 0 amide bonds. The molecule has 152 valence electrons. The number of thiophene rings is 1. The molecule has 1 aromatic heterocycles. The Morgan fingerprint density at radius 1 is 0.964 bits per heavy atom. The molecule has 2 heterocycles. The molecule has 0 bridgehead atoms. The molecule has 0 atom stereocenters. The van der Waals surface area contributed by atoms with Crippen LogP contribution < -0.4 is 9.16 Å². The monoisotopic (exact) mass is 414 g/mol. The number of hydrogen-bond acceptors (Lipinski definition) is 3. The fourth-order valence-electron chi connectivity index (χ4n) is 4.80. The lowest BCUT2D eigenvalue weighted by Crippen LogP contribution is -2.50. The zero-order chi connectivity index (χ0) is 20.7. The Hall–Kier alpha value is -1.52. The smallest absolute Gasteiger partial charge is 0.258 e. The number of benzene rings is 1. The lowest BCUT2D eigenvalue weighted by molar-refractivity contribution is 0.158. The maximum Gasteiger partial charge on any atom is 0.258 e. The minimum Gasteiger partial charge on any atom is -0.543 e. The minimum absolute atomic E-state index is 0.340. The molecule has 0 spiro atoms. The molecule has 2 aromatic rings. The van der Waals surface area contributed by atoms with Crippen molar-refractivity contribution in [2.45, 2.75) is 77.6 Å². The molecule has 3 rings (SSSR count). The fraction of sp³-hybridized carbons (Fsp3) is 0.500. The molecule has 0 aliphatic carbocycles. The van der Waals surface area contributed by atoms with Crippen molar-refractivity contribution < 1.29 is 9.16 Å². The van der Waals surface area contributed by atoms with Gasteiger partial charge in [-0.05, 0) is 60.1 Å². The van der Waals surface area contributed by atoms with Gasteiger partial charge in [0, 0.05) is 22.1 Å². The van der Waals surface area contributed by atoms with Crippen molar-refractivity contribution in [3.8, 4) is 11.5 Å². The first kappa shape index (κ1) is 21.2. The lowest BCUT2D eigenvalue weighted by Gasteiger charge is -2.42. The van der Waals surface area contributed by atoms with E-state index in [0.29, 0.717) is 16.6 Å². The third-order valence-corrected chi connectivity index (χ3v) is 12.8. The van der Waals surface area contributed by atoms with Gasteiger partial charge in [-0.1, -0.05) is 47.6 Å². The number of fused-ring (bicyclic) bond motifs is 1. The average Bonchev–Trinajstić information content (AvgIpc) is 3.11. The van der Waals surface area contributed by atoms with Crippen LogP contribution >= 0.6 is 11.3 Å². The van der Waals surface area contributed by atoms with Crippen LogP contribution in [0, 0.1) is 0 Å². The van der Waals surface area contributed by atoms with E-state index >= 15 is 0 Å². The highest BCUT2D eigenvalue weighted by Gasteiger charge is 2.47. The van der Waals surface area contributed by atoms with Crippen LogP contribution in [0.5, 0.6) is 11.5 Å². The summed E-state index contributed by atoms with van der Waals surface area (Å²) in [5, 5.41) is 2.13. The molecule has 4 heteroatoms. The van der Waals surface area contributed by atoms with Crippen LogP contribution in [0.4, 0.5) is 0 Å². The van der Waals surface area contributed by atoms with Gasteiger partial charge in [-0.25, -0.2) is 0 Å². The van der Waals surface area contributed by atoms with Crippen LogP contribution in [-0.4, -0.2) is 13.9 Å². The standard InChI is InChI=1S/C24H34O2SSi/c1-16(2)28(17(3)4,18(5)6)26-19-11-12-20-21(23-10-9-13-27-23)15-24(7,8)25-22(20)14-19/h9-18H,1-8H3. The van der Waals surface area contributed by atoms with Gasteiger partial charge in [0.1, 0.15) is 17.1 Å². The summed E-state index contributed by atoms with van der Waals surface area (Å²) in [6.07, 6.45) is 2.23. The third kappa shape index (κ3) is 3.81. The van der Waals surface area contributed by atoms with Crippen LogP contribution in [0.25, 0.3) is 5.57 Å². The van der Waals surface area contributed by atoms with Gasteiger partial charge in [-0.3, -0.25) is 0 Å². The maximum atomic E-state index is 6.89. The first-order valence-corrected chi connectivity index (χ1v) is 13.4. The van der Waals surface area contributed by atoms with E-state index in [1.165, 1.54) is 10.5 Å². The summed E-state index contributed by atoms with van der Waals surface area (Å²) in [6.45, 7) is 18.2. The Kier molecular flexibility index (Phi) is 5.84. The van der Waals surface area contributed by atoms with Gasteiger partial charge in [-0.15, -0.1) is 11.3 Å². The number of rotatable bonds is 6. The average molecular weight is 415 g/mol. The molecule has 0 saturated carbocycles. The Morgan fingerprint density at radius 3 is 2.14 bits per heavy atom. The van der Waals surface area contributed by atoms with Gasteiger partial charge in [0.25, 0.3) is 8.32 Å². The van der Waals surface area contributed by atoms with E-state index in [2.05, 4.69) is 97.2 Å². The van der Waals surface area contributed by atoms with Crippen molar-refractivity contribution in [3.63, 3.8) is 0 Å². The minimum atomic E-state index is -1.99. The molecule has 28 heavy (non-hydrogen) atoms. The summed E-state index contributed by atoms with van der Waals surface area (Å²) in [7, 11) is -1.99. The van der Waals surface area contributed by atoms with Crippen molar-refractivity contribution in [1.82, 2.24) is 0 Å². The first-order chi connectivity index (χ1) is 13.1. The Balaban J connectivity index is 2.03. The SMILES string of the molecule is CC(C)[Si](Oc1ccc2c(c1)OC(C)(C)C=C2c1cccs1)(C(C)C)C(C)C. The zero-order valence-corrected chi connectivity index (χ0v) is 20.3. The fourth-order valence-corrected chi connectivity index (χ4v) is 10.8. The quantitative estimate of drug-likeness (QED) is 0.447. The predicted molar refractivity (Wildman–Crippen MR) is 124 cm³/mol. The van der Waals surface area contributed by atoms with Gasteiger partial charge in [-0.2, -0.15) is 0 Å². The summed E-state index contributed by atoms with van der Waals surface area (Å²) in [5.74, 6) is 1.87. The predicted octanol–water partition coefficient (Wildman–Crippen LogP) is 7.91. The molecule has 0 N–H and O–H groups in total. The van der Waals surface area contributed by atoms with Crippen molar-refractivity contribution >= 4 is 25.2 Å². The molecule has 1 aliphatic heterocycles. The second-order valence-electron chi connectivity index (χ2n) is 9.32. The highest BCUT2D eigenvalue weighted by Crippen LogP contribution is 2.46. The van der Waals surface area contributed by atoms with E-state index in [4.69, 9.17) is 9.16 Å². The van der Waals surface area contributed by atoms with Gasteiger partial charge in [0.15, 0.2) is 0 Å².